The Hall–Kier alpha value is -1.19. The highest BCUT2D eigenvalue weighted by Gasteiger charge is 2.49. The van der Waals surface area contributed by atoms with E-state index in [9.17, 15) is 5.11 Å². The molecule has 1 unspecified atom stereocenters. The summed E-state index contributed by atoms with van der Waals surface area (Å²) in [6.07, 6.45) is 7.37. The van der Waals surface area contributed by atoms with Gasteiger partial charge >= 0.3 is 0 Å². The van der Waals surface area contributed by atoms with Gasteiger partial charge in [0.1, 0.15) is 36.3 Å². The highest BCUT2D eigenvalue weighted by atomic mass is 79.9. The van der Waals surface area contributed by atoms with Crippen LogP contribution < -0.4 is 0 Å². The highest BCUT2D eigenvalue weighted by Crippen LogP contribution is 2.46. The number of rotatable bonds is 21. The largest absolute Gasteiger partial charge is 0.505 e. The van der Waals surface area contributed by atoms with Gasteiger partial charge < -0.3 is 28.8 Å². The van der Waals surface area contributed by atoms with Gasteiger partial charge in [0.05, 0.1) is 16.1 Å². The van der Waals surface area contributed by atoms with E-state index in [0.717, 1.165) is 74.5 Å². The normalized spacial score (nSPS) is 21.8. The van der Waals surface area contributed by atoms with Crippen LogP contribution in [0.25, 0.3) is 0 Å². The Kier molecular flexibility index (Phi) is 17.8. The minimum absolute atomic E-state index is 0.00534. The zero-order valence-electron chi connectivity index (χ0n) is 28.1. The van der Waals surface area contributed by atoms with Crippen molar-refractivity contribution in [3.05, 3.63) is 62.1 Å². The smallest absolute Gasteiger partial charge is 0.149 e. The lowest BCUT2D eigenvalue weighted by atomic mass is 9.89. The zero-order valence-corrected chi connectivity index (χ0v) is 30.5. The van der Waals surface area contributed by atoms with Crippen molar-refractivity contribution < 1.29 is 28.8 Å². The summed E-state index contributed by atoms with van der Waals surface area (Å²) in [5.74, 6) is 0.00534. The second-order valence-electron chi connectivity index (χ2n) is 12.0. The summed E-state index contributed by atoms with van der Waals surface area (Å²) in [5, 5.41) is 11.6. The van der Waals surface area contributed by atoms with Crippen LogP contribution in [0.3, 0.4) is 0 Å². The number of unbranched alkanes of at least 4 members (excludes halogenated alkanes) is 4. The molecule has 1 fully saturated rings. The number of phenols is 1. The molecule has 0 amide bonds. The number of benzene rings is 2. The number of aromatic hydroxyl groups is 1. The maximum Gasteiger partial charge on any atom is 0.149 e. The van der Waals surface area contributed by atoms with Gasteiger partial charge in [0.25, 0.3) is 0 Å². The first-order chi connectivity index (χ1) is 21.9. The van der Waals surface area contributed by atoms with Gasteiger partial charge in [-0.3, -0.25) is 0 Å². The Morgan fingerprint density at radius 1 is 0.756 bits per heavy atom. The van der Waals surface area contributed by atoms with E-state index in [1.54, 1.807) is 0 Å². The van der Waals surface area contributed by atoms with E-state index in [2.05, 4.69) is 80.9 Å². The lowest BCUT2D eigenvalue weighted by Crippen LogP contribution is -2.58. The van der Waals surface area contributed by atoms with Crippen LogP contribution >= 0.6 is 27.5 Å². The van der Waals surface area contributed by atoms with Gasteiger partial charge in [0, 0.05) is 32.0 Å². The van der Waals surface area contributed by atoms with Gasteiger partial charge in [-0.2, -0.15) is 0 Å². The van der Waals surface area contributed by atoms with E-state index < -0.39 is 12.2 Å². The van der Waals surface area contributed by atoms with E-state index in [-0.39, 0.29) is 24.1 Å². The molecule has 0 radical (unpaired) electrons. The van der Waals surface area contributed by atoms with Gasteiger partial charge in [-0.1, -0.05) is 96.2 Å². The summed E-state index contributed by atoms with van der Waals surface area (Å²) in [7, 11) is 0. The molecule has 0 aliphatic carbocycles. The summed E-state index contributed by atoms with van der Waals surface area (Å²) in [4.78, 5) is 0. The third-order valence-electron chi connectivity index (χ3n) is 8.40. The fraction of sp³-hybridized carbons (Fsp3) is 0.676. The van der Waals surface area contributed by atoms with Crippen molar-refractivity contribution in [3.8, 4) is 5.75 Å². The molecule has 1 heterocycles. The highest BCUT2D eigenvalue weighted by molar-refractivity contribution is 9.10. The lowest BCUT2D eigenvalue weighted by Gasteiger charge is -2.46. The Morgan fingerprint density at radius 2 is 1.29 bits per heavy atom. The summed E-state index contributed by atoms with van der Waals surface area (Å²) in [6.45, 7) is 13.6. The van der Waals surface area contributed by atoms with Crippen molar-refractivity contribution >= 4 is 27.5 Å². The summed E-state index contributed by atoms with van der Waals surface area (Å²) >= 11 is 10.5. The molecule has 1 aliphatic heterocycles. The standard InChI is InChI=1S/C37H56BrClO6/c1-6-11-19-41-25-30-35(42-20-12-7-2)37(44-22-14-9-4)36(43-21-13-8-3)34(45-30)29-24-28(32(39)33(40)31(29)38)23-27-17-15-26(10-5)16-18-27/h15-18,24,30,34-37,40H,6-14,19-23,25H2,1-5H3/t30-,34?,35-,36+,37+/m1/s1. The molecule has 1 aliphatic rings. The third kappa shape index (κ3) is 11.2. The molecule has 3 rings (SSSR count). The Bertz CT molecular complexity index is 1110. The van der Waals surface area contributed by atoms with Crippen LogP contribution in [-0.2, 0) is 36.5 Å². The summed E-state index contributed by atoms with van der Waals surface area (Å²) in [5.41, 5.74) is 4.01. The molecule has 8 heteroatoms. The molecule has 45 heavy (non-hydrogen) atoms. The maximum atomic E-state index is 11.3. The van der Waals surface area contributed by atoms with Crippen molar-refractivity contribution in [1.82, 2.24) is 0 Å². The molecular formula is C37H56BrClO6. The van der Waals surface area contributed by atoms with Gasteiger partial charge in [0.2, 0.25) is 0 Å². The molecule has 2 aromatic rings. The van der Waals surface area contributed by atoms with E-state index >= 15 is 0 Å². The van der Waals surface area contributed by atoms with Gasteiger partial charge in [-0.25, -0.2) is 0 Å². The number of aryl methyl sites for hydroxylation is 1. The Morgan fingerprint density at radius 3 is 1.87 bits per heavy atom. The quantitative estimate of drug-likeness (QED) is 0.130. The second-order valence-corrected chi connectivity index (χ2v) is 13.2. The first-order valence-electron chi connectivity index (χ1n) is 17.2. The van der Waals surface area contributed by atoms with Gasteiger partial charge in [0.15, 0.2) is 0 Å². The minimum atomic E-state index is -0.543. The summed E-state index contributed by atoms with van der Waals surface area (Å²) in [6, 6.07) is 10.6. The van der Waals surface area contributed by atoms with Crippen LogP contribution in [-0.4, -0.2) is 62.6 Å². The summed E-state index contributed by atoms with van der Waals surface area (Å²) < 4.78 is 33.5. The third-order valence-corrected chi connectivity index (χ3v) is 9.65. The average molecular weight is 712 g/mol. The zero-order chi connectivity index (χ0) is 32.6. The number of hydrogen-bond donors (Lipinski definition) is 1. The monoisotopic (exact) mass is 710 g/mol. The lowest BCUT2D eigenvalue weighted by molar-refractivity contribution is -0.268. The van der Waals surface area contributed by atoms with E-state index in [0.29, 0.717) is 49.0 Å². The topological polar surface area (TPSA) is 66.4 Å². The molecular weight excluding hydrogens is 656 g/mol. The fourth-order valence-electron chi connectivity index (χ4n) is 5.56. The molecule has 6 nitrogen and oxygen atoms in total. The Balaban J connectivity index is 2.07. The second kappa shape index (κ2) is 20.9. The molecule has 1 saturated heterocycles. The van der Waals surface area contributed by atoms with Crippen LogP contribution in [0.5, 0.6) is 5.75 Å². The molecule has 1 N–H and O–H groups in total. The van der Waals surface area contributed by atoms with Crippen LogP contribution in [0.4, 0.5) is 0 Å². The van der Waals surface area contributed by atoms with Crippen LogP contribution in [0, 0.1) is 0 Å². The fourth-order valence-corrected chi connectivity index (χ4v) is 6.43. The predicted molar refractivity (Wildman–Crippen MR) is 187 cm³/mol. The molecule has 254 valence electrons. The Labute approximate surface area is 285 Å². The number of hydrogen-bond acceptors (Lipinski definition) is 6. The van der Waals surface area contributed by atoms with Crippen molar-refractivity contribution in [2.75, 3.05) is 33.0 Å². The van der Waals surface area contributed by atoms with Crippen LogP contribution in [0.15, 0.2) is 34.8 Å². The predicted octanol–water partition coefficient (Wildman–Crippen LogP) is 9.77. The molecule has 2 aromatic carbocycles. The number of phenolic OH excluding ortho intramolecular Hbond substituents is 1. The van der Waals surface area contributed by atoms with E-state index in [4.69, 9.17) is 35.3 Å². The van der Waals surface area contributed by atoms with Crippen LogP contribution in [0.1, 0.15) is 114 Å². The number of halogens is 2. The first-order valence-corrected chi connectivity index (χ1v) is 18.4. The van der Waals surface area contributed by atoms with Crippen molar-refractivity contribution in [3.63, 3.8) is 0 Å². The minimum Gasteiger partial charge on any atom is -0.505 e. The van der Waals surface area contributed by atoms with Crippen molar-refractivity contribution in [2.45, 2.75) is 129 Å². The van der Waals surface area contributed by atoms with Crippen molar-refractivity contribution in [2.24, 2.45) is 0 Å². The van der Waals surface area contributed by atoms with Gasteiger partial charge in [-0.05, 0) is 77.2 Å². The molecule has 0 saturated carbocycles. The molecule has 0 aromatic heterocycles. The number of ether oxygens (including phenoxy) is 5. The van der Waals surface area contributed by atoms with Crippen molar-refractivity contribution in [1.29, 1.82) is 0 Å². The maximum absolute atomic E-state index is 11.3. The van der Waals surface area contributed by atoms with E-state index in [1.807, 2.05) is 0 Å². The molecule has 0 spiro atoms. The first kappa shape index (κ1) is 38.3. The molecule has 0 bridgehead atoms. The SMILES string of the molecule is CCCCOC[C@H]1OC(c2cc(Cc3ccc(CC)cc3)c(Cl)c(O)c2Br)[C@H](OCCCC)[C@@H](OCCCC)[C@@H]1OCCCC. The van der Waals surface area contributed by atoms with Gasteiger partial charge in [-0.15, -0.1) is 0 Å². The van der Waals surface area contributed by atoms with Crippen LogP contribution in [0.2, 0.25) is 5.02 Å². The molecule has 5 atom stereocenters. The average Bonchev–Trinajstić information content (AvgIpc) is 3.05. The van der Waals surface area contributed by atoms with E-state index in [1.165, 1.54) is 5.56 Å².